The van der Waals surface area contributed by atoms with Gasteiger partial charge in [-0.3, -0.25) is 4.79 Å². The predicted molar refractivity (Wildman–Crippen MR) is 119 cm³/mol. The summed E-state index contributed by atoms with van der Waals surface area (Å²) in [6, 6.07) is 9.06. The van der Waals surface area contributed by atoms with Crippen LogP contribution in [0.4, 0.5) is 27.6 Å². The molecule has 1 fully saturated rings. The minimum Gasteiger partial charge on any atom is -0.385 e. The normalized spacial score (nSPS) is 16.1. The summed E-state index contributed by atoms with van der Waals surface area (Å²) in [6.07, 6.45) is -0.168. The lowest BCUT2D eigenvalue weighted by molar-refractivity contribution is -0.00993. The molecule has 12 heteroatoms. The van der Waals surface area contributed by atoms with Crippen molar-refractivity contribution in [3.63, 3.8) is 0 Å². The van der Waals surface area contributed by atoms with Crippen molar-refractivity contribution in [2.24, 2.45) is 0 Å². The zero-order valence-corrected chi connectivity index (χ0v) is 19.3. The fourth-order valence-corrected chi connectivity index (χ4v) is 5.44. The number of hydrogen-bond acceptors (Lipinski definition) is 4. The van der Waals surface area contributed by atoms with E-state index < -0.39 is 50.6 Å². The molecule has 4 rings (SSSR count). The number of piperidine rings is 1. The number of carbonyl (C=O) groups is 1. The third-order valence-electron chi connectivity index (χ3n) is 5.98. The molecule has 2 N–H and O–H groups in total. The van der Waals surface area contributed by atoms with Crippen molar-refractivity contribution in [3.05, 3.63) is 94.8 Å². The number of carbonyl (C=O) groups excluding carboxylic acids is 1. The number of benzene rings is 3. The van der Waals surface area contributed by atoms with Gasteiger partial charge in [0.1, 0.15) is 0 Å². The number of aliphatic hydroxyl groups is 1. The lowest BCUT2D eigenvalue weighted by atomic mass is 9.85. The van der Waals surface area contributed by atoms with E-state index in [1.165, 1.54) is 24.3 Å². The number of halogens is 5. The summed E-state index contributed by atoms with van der Waals surface area (Å²) in [5.74, 6) is -7.79. The minimum atomic E-state index is -4.12. The summed E-state index contributed by atoms with van der Waals surface area (Å²) in [5, 5.41) is 13.1. The van der Waals surface area contributed by atoms with E-state index in [0.29, 0.717) is 12.1 Å². The molecule has 1 heterocycles. The third kappa shape index (κ3) is 4.97. The number of rotatable bonds is 5. The quantitative estimate of drug-likeness (QED) is 0.383. The van der Waals surface area contributed by atoms with Gasteiger partial charge in [-0.2, -0.15) is 4.31 Å². The van der Waals surface area contributed by atoms with Gasteiger partial charge in [-0.05, 0) is 48.7 Å². The molecule has 0 unspecified atom stereocenters. The van der Waals surface area contributed by atoms with Crippen LogP contribution in [0.5, 0.6) is 0 Å². The maximum atomic E-state index is 13.6. The standard InChI is InChI=1S/C24H19F5N2O4S/c25-18-5-4-15(11-19(18)26)24(33)6-8-31(9-7-24)36(34,35)17-3-1-2-14(10-17)23(32)30-16-12-20(27)22(29)21(28)13-16/h1-5,10-13,33H,6-9H2,(H,30,32). The van der Waals surface area contributed by atoms with Crippen LogP contribution >= 0.6 is 0 Å². The lowest BCUT2D eigenvalue weighted by Gasteiger charge is -2.38. The Kier molecular flexibility index (Phi) is 6.86. The van der Waals surface area contributed by atoms with Gasteiger partial charge >= 0.3 is 0 Å². The molecule has 1 saturated heterocycles. The molecule has 190 valence electrons. The predicted octanol–water partition coefficient (Wildman–Crippen LogP) is 4.31. The van der Waals surface area contributed by atoms with Crippen LogP contribution in [0.25, 0.3) is 0 Å². The number of hydrogen-bond donors (Lipinski definition) is 2. The third-order valence-corrected chi connectivity index (χ3v) is 7.88. The fourth-order valence-electron chi connectivity index (χ4n) is 3.95. The first-order valence-corrected chi connectivity index (χ1v) is 12.1. The van der Waals surface area contributed by atoms with E-state index in [2.05, 4.69) is 5.32 Å². The van der Waals surface area contributed by atoms with E-state index in [1.54, 1.807) is 0 Å². The Hall–Kier alpha value is -3.35. The molecule has 3 aromatic rings. The highest BCUT2D eigenvalue weighted by Crippen LogP contribution is 2.35. The molecule has 3 aromatic carbocycles. The zero-order valence-electron chi connectivity index (χ0n) is 18.4. The minimum absolute atomic E-state index is 0.0842. The Morgan fingerprint density at radius 2 is 1.50 bits per heavy atom. The Balaban J connectivity index is 1.50. The highest BCUT2D eigenvalue weighted by molar-refractivity contribution is 7.89. The van der Waals surface area contributed by atoms with Gasteiger partial charge in [-0.15, -0.1) is 0 Å². The molecule has 0 aromatic heterocycles. The maximum absolute atomic E-state index is 13.6. The van der Waals surface area contributed by atoms with Crippen LogP contribution < -0.4 is 5.32 Å². The summed E-state index contributed by atoms with van der Waals surface area (Å²) in [4.78, 5) is 12.3. The molecule has 36 heavy (non-hydrogen) atoms. The molecule has 1 aliphatic rings. The van der Waals surface area contributed by atoms with Crippen LogP contribution in [-0.4, -0.2) is 36.8 Å². The van der Waals surface area contributed by atoms with Crippen molar-refractivity contribution in [1.82, 2.24) is 4.31 Å². The second kappa shape index (κ2) is 9.60. The van der Waals surface area contributed by atoms with E-state index in [9.17, 15) is 40.3 Å². The van der Waals surface area contributed by atoms with Crippen LogP contribution in [-0.2, 0) is 15.6 Å². The molecule has 1 aliphatic heterocycles. The highest BCUT2D eigenvalue weighted by Gasteiger charge is 2.38. The SMILES string of the molecule is O=C(Nc1cc(F)c(F)c(F)c1)c1cccc(S(=O)(=O)N2CCC(O)(c3ccc(F)c(F)c3)CC2)c1. The summed E-state index contributed by atoms with van der Waals surface area (Å²) >= 11 is 0. The average Bonchev–Trinajstić information content (AvgIpc) is 2.84. The van der Waals surface area contributed by atoms with E-state index in [0.717, 1.165) is 22.5 Å². The van der Waals surface area contributed by atoms with Crippen molar-refractivity contribution in [2.45, 2.75) is 23.3 Å². The van der Waals surface area contributed by atoms with Gasteiger partial charge in [0.25, 0.3) is 5.91 Å². The fraction of sp³-hybridized carbons (Fsp3) is 0.208. The first-order valence-electron chi connectivity index (χ1n) is 10.6. The lowest BCUT2D eigenvalue weighted by Crippen LogP contribution is -2.45. The second-order valence-electron chi connectivity index (χ2n) is 8.30. The molecular weight excluding hydrogens is 507 g/mol. The van der Waals surface area contributed by atoms with Crippen molar-refractivity contribution in [1.29, 1.82) is 0 Å². The average molecular weight is 526 g/mol. The monoisotopic (exact) mass is 526 g/mol. The number of sulfonamides is 1. The molecule has 0 atom stereocenters. The number of nitrogens with one attached hydrogen (secondary N) is 1. The maximum Gasteiger partial charge on any atom is 0.255 e. The number of anilines is 1. The van der Waals surface area contributed by atoms with Crippen LogP contribution in [0.2, 0.25) is 0 Å². The van der Waals surface area contributed by atoms with Gasteiger partial charge in [0, 0.05) is 36.5 Å². The zero-order chi connectivity index (χ0) is 26.3. The first kappa shape index (κ1) is 25.7. The molecule has 1 amide bonds. The molecule has 0 radical (unpaired) electrons. The molecule has 6 nitrogen and oxygen atoms in total. The van der Waals surface area contributed by atoms with Crippen LogP contribution in [0.1, 0.15) is 28.8 Å². The number of amides is 1. The second-order valence-corrected chi connectivity index (χ2v) is 10.2. The van der Waals surface area contributed by atoms with Gasteiger partial charge in [0.2, 0.25) is 10.0 Å². The first-order chi connectivity index (χ1) is 16.9. The van der Waals surface area contributed by atoms with Crippen molar-refractivity contribution >= 4 is 21.6 Å². The highest BCUT2D eigenvalue weighted by atomic mass is 32.2. The van der Waals surface area contributed by atoms with E-state index in [4.69, 9.17) is 0 Å². The Morgan fingerprint density at radius 3 is 2.11 bits per heavy atom. The summed E-state index contributed by atoms with van der Waals surface area (Å²) in [7, 11) is -4.12. The van der Waals surface area contributed by atoms with Gasteiger partial charge < -0.3 is 10.4 Å². The van der Waals surface area contributed by atoms with Gasteiger partial charge in [0.15, 0.2) is 29.1 Å². The summed E-state index contributed by atoms with van der Waals surface area (Å²) in [5.41, 5.74) is -1.93. The van der Waals surface area contributed by atoms with Gasteiger partial charge in [0.05, 0.1) is 10.5 Å². The Bertz CT molecular complexity index is 1420. The largest absolute Gasteiger partial charge is 0.385 e. The summed E-state index contributed by atoms with van der Waals surface area (Å²) in [6.45, 7) is -0.273. The van der Waals surface area contributed by atoms with Gasteiger partial charge in [-0.1, -0.05) is 12.1 Å². The topological polar surface area (TPSA) is 86.7 Å². The van der Waals surface area contributed by atoms with E-state index >= 15 is 0 Å². The molecule has 0 saturated carbocycles. The van der Waals surface area contributed by atoms with Crippen molar-refractivity contribution in [2.75, 3.05) is 18.4 Å². The van der Waals surface area contributed by atoms with Crippen LogP contribution in [0.3, 0.4) is 0 Å². The molecule has 0 spiro atoms. The smallest absolute Gasteiger partial charge is 0.255 e. The van der Waals surface area contributed by atoms with Crippen molar-refractivity contribution < 1.29 is 40.3 Å². The van der Waals surface area contributed by atoms with Crippen LogP contribution in [0, 0.1) is 29.1 Å². The summed E-state index contributed by atoms with van der Waals surface area (Å²) < 4.78 is 94.2. The van der Waals surface area contributed by atoms with Gasteiger partial charge in [-0.25, -0.2) is 30.4 Å². The molecule has 0 bridgehead atoms. The van der Waals surface area contributed by atoms with E-state index in [-0.39, 0.29) is 47.6 Å². The Labute approximate surface area is 203 Å². The molecule has 0 aliphatic carbocycles. The van der Waals surface area contributed by atoms with E-state index in [1.807, 2.05) is 0 Å². The molecular formula is C24H19F5N2O4S. The van der Waals surface area contributed by atoms with Crippen molar-refractivity contribution in [3.8, 4) is 0 Å². The Morgan fingerprint density at radius 1 is 0.861 bits per heavy atom. The number of nitrogens with zero attached hydrogens (tertiary/aromatic N) is 1. The van der Waals surface area contributed by atoms with Crippen LogP contribution in [0.15, 0.2) is 59.5 Å².